The number of hydrogen-bond donors (Lipinski definition) is 2. The Morgan fingerprint density at radius 1 is 0.625 bits per heavy atom. The lowest BCUT2D eigenvalue weighted by Gasteiger charge is -2.49. The maximum Gasteiger partial charge on any atom is 0.426 e. The molecule has 24 heavy (non-hydrogen) atoms. The van der Waals surface area contributed by atoms with Gasteiger partial charge in [0.05, 0.1) is 5.60 Å². The Bertz CT molecular complexity index is 405. The topological polar surface area (TPSA) is 40.5 Å². The molecule has 0 aliphatic heterocycles. The quantitative estimate of drug-likeness (QED) is 0.698. The van der Waals surface area contributed by atoms with Crippen molar-refractivity contribution in [1.82, 2.24) is 0 Å². The Balaban J connectivity index is 3.37. The van der Waals surface area contributed by atoms with Gasteiger partial charge in [0.25, 0.3) is 5.60 Å². The van der Waals surface area contributed by atoms with Crippen molar-refractivity contribution >= 4 is 0 Å². The minimum atomic E-state index is -5.83. The van der Waals surface area contributed by atoms with Crippen LogP contribution >= 0.6 is 0 Å². The molecule has 0 radical (unpaired) electrons. The maximum atomic E-state index is 13.2. The second-order valence-corrected chi connectivity index (χ2v) is 8.58. The van der Waals surface area contributed by atoms with Crippen LogP contribution in [0.1, 0.15) is 53.9 Å². The van der Waals surface area contributed by atoms with Gasteiger partial charge in [-0.05, 0) is 50.4 Å². The molecule has 1 aliphatic rings. The molecule has 0 saturated heterocycles. The Labute approximate surface area is 138 Å². The fourth-order valence-electron chi connectivity index (χ4n) is 3.57. The first-order chi connectivity index (χ1) is 10.3. The van der Waals surface area contributed by atoms with Gasteiger partial charge in [0, 0.05) is 5.92 Å². The summed E-state index contributed by atoms with van der Waals surface area (Å²) >= 11 is 0. The Morgan fingerprint density at radius 2 is 0.958 bits per heavy atom. The van der Waals surface area contributed by atoms with Crippen LogP contribution in [0, 0.1) is 23.2 Å². The van der Waals surface area contributed by atoms with Crippen LogP contribution in [0.15, 0.2) is 0 Å². The first kappa shape index (κ1) is 21.5. The smallest absolute Gasteiger partial charge is 0.390 e. The third kappa shape index (κ3) is 4.00. The fraction of sp³-hybridized carbons (Fsp3) is 1.00. The largest absolute Gasteiger partial charge is 0.426 e. The van der Waals surface area contributed by atoms with E-state index in [1.807, 2.05) is 0 Å². The summed E-state index contributed by atoms with van der Waals surface area (Å²) in [5.74, 6) is -3.30. The molecule has 0 spiro atoms. The first-order valence-corrected chi connectivity index (χ1v) is 7.90. The highest BCUT2D eigenvalue weighted by Gasteiger charge is 2.74. The van der Waals surface area contributed by atoms with E-state index >= 15 is 0 Å². The van der Waals surface area contributed by atoms with Crippen LogP contribution in [0.3, 0.4) is 0 Å². The number of alkyl halides is 6. The van der Waals surface area contributed by atoms with Gasteiger partial charge in [0.1, 0.15) is 0 Å². The molecule has 0 bridgehead atoms. The second kappa shape index (κ2) is 6.04. The molecule has 1 saturated carbocycles. The molecular formula is C16H26F6O2. The summed E-state index contributed by atoms with van der Waals surface area (Å²) < 4.78 is 79.2. The molecule has 1 fully saturated rings. The number of halogens is 6. The molecule has 0 aromatic heterocycles. The van der Waals surface area contributed by atoms with Gasteiger partial charge in [0.15, 0.2) is 0 Å². The van der Waals surface area contributed by atoms with Gasteiger partial charge in [-0.15, -0.1) is 0 Å². The van der Waals surface area contributed by atoms with Crippen LogP contribution in [-0.4, -0.2) is 33.8 Å². The number of rotatable bonds is 2. The molecular weight excluding hydrogens is 338 g/mol. The van der Waals surface area contributed by atoms with E-state index < -0.39 is 59.6 Å². The summed E-state index contributed by atoms with van der Waals surface area (Å²) in [5, 5.41) is 19.9. The molecule has 1 rings (SSSR count). The minimum absolute atomic E-state index is 0.315. The van der Waals surface area contributed by atoms with E-state index in [1.54, 1.807) is 20.8 Å². The summed E-state index contributed by atoms with van der Waals surface area (Å²) in [6.07, 6.45) is -12.3. The molecule has 144 valence electrons. The summed E-state index contributed by atoms with van der Waals surface area (Å²) in [4.78, 5) is 0. The number of aliphatic hydroxyl groups is 2. The van der Waals surface area contributed by atoms with E-state index in [-0.39, 0.29) is 0 Å². The molecule has 3 atom stereocenters. The van der Waals surface area contributed by atoms with Crippen LogP contribution < -0.4 is 0 Å². The van der Waals surface area contributed by atoms with Gasteiger partial charge in [-0.25, -0.2) is 0 Å². The van der Waals surface area contributed by atoms with Gasteiger partial charge in [-0.3, -0.25) is 0 Å². The molecule has 0 aromatic carbocycles. The SMILES string of the molecule is CC(C)(C)C1CC(C(C)(C)O)CC(C(O)(C(F)(F)F)C(F)(F)F)C1. The van der Waals surface area contributed by atoms with E-state index in [1.165, 1.54) is 13.8 Å². The minimum Gasteiger partial charge on any atom is -0.390 e. The summed E-state index contributed by atoms with van der Waals surface area (Å²) in [5.41, 5.74) is -6.74. The van der Waals surface area contributed by atoms with Crippen LogP contribution in [0.5, 0.6) is 0 Å². The summed E-state index contributed by atoms with van der Waals surface area (Å²) in [7, 11) is 0. The monoisotopic (exact) mass is 364 g/mol. The Kier molecular flexibility index (Phi) is 5.42. The van der Waals surface area contributed by atoms with Crippen molar-refractivity contribution in [2.75, 3.05) is 0 Å². The Hall–Kier alpha value is -0.500. The van der Waals surface area contributed by atoms with Crippen molar-refractivity contribution < 1.29 is 36.6 Å². The molecule has 2 nitrogen and oxygen atoms in total. The van der Waals surface area contributed by atoms with E-state index in [0.29, 0.717) is 6.42 Å². The van der Waals surface area contributed by atoms with E-state index in [9.17, 15) is 36.6 Å². The summed E-state index contributed by atoms with van der Waals surface area (Å²) in [6, 6.07) is 0. The predicted octanol–water partition coefficient (Wildman–Crippen LogP) is 4.69. The fourth-order valence-corrected chi connectivity index (χ4v) is 3.57. The van der Waals surface area contributed by atoms with Crippen molar-refractivity contribution in [3.8, 4) is 0 Å². The zero-order valence-corrected chi connectivity index (χ0v) is 14.5. The van der Waals surface area contributed by atoms with Crippen LogP contribution in [0.2, 0.25) is 0 Å². The lowest BCUT2D eigenvalue weighted by atomic mass is 9.59. The van der Waals surface area contributed by atoms with Crippen LogP contribution in [0.25, 0.3) is 0 Å². The van der Waals surface area contributed by atoms with Crippen LogP contribution in [0.4, 0.5) is 26.3 Å². The average Bonchev–Trinajstić information content (AvgIpc) is 2.32. The highest BCUT2D eigenvalue weighted by atomic mass is 19.4. The van der Waals surface area contributed by atoms with Crippen molar-refractivity contribution in [2.45, 2.75) is 77.4 Å². The van der Waals surface area contributed by atoms with Crippen molar-refractivity contribution in [1.29, 1.82) is 0 Å². The van der Waals surface area contributed by atoms with Crippen LogP contribution in [-0.2, 0) is 0 Å². The number of hydrogen-bond acceptors (Lipinski definition) is 2. The second-order valence-electron chi connectivity index (χ2n) is 8.58. The standard InChI is InChI=1S/C16H26F6O2/c1-12(2,3)9-6-10(13(4,5)23)8-11(7-9)14(24,15(17,18)19)16(20,21)22/h9-11,23-24H,6-8H2,1-5H3. The lowest BCUT2D eigenvalue weighted by molar-refractivity contribution is -0.390. The molecule has 0 amide bonds. The zero-order valence-electron chi connectivity index (χ0n) is 14.5. The third-order valence-electron chi connectivity index (χ3n) is 5.39. The average molecular weight is 364 g/mol. The van der Waals surface area contributed by atoms with Crippen molar-refractivity contribution in [3.05, 3.63) is 0 Å². The van der Waals surface area contributed by atoms with Gasteiger partial charge < -0.3 is 10.2 Å². The van der Waals surface area contributed by atoms with Crippen molar-refractivity contribution in [2.24, 2.45) is 23.2 Å². The molecule has 0 aromatic rings. The zero-order chi connectivity index (χ0) is 19.4. The van der Waals surface area contributed by atoms with Gasteiger partial charge in [0.2, 0.25) is 0 Å². The first-order valence-electron chi connectivity index (χ1n) is 7.90. The predicted molar refractivity (Wildman–Crippen MR) is 77.1 cm³/mol. The van der Waals surface area contributed by atoms with E-state index in [4.69, 9.17) is 0 Å². The highest BCUT2D eigenvalue weighted by Crippen LogP contribution is 2.56. The maximum absolute atomic E-state index is 13.2. The lowest BCUT2D eigenvalue weighted by Crippen LogP contribution is -2.63. The molecule has 8 heteroatoms. The summed E-state index contributed by atoms with van der Waals surface area (Å²) in [6.45, 7) is 7.96. The normalized spacial score (nSPS) is 28.1. The molecule has 3 unspecified atom stereocenters. The van der Waals surface area contributed by atoms with Gasteiger partial charge in [-0.2, -0.15) is 26.3 Å². The van der Waals surface area contributed by atoms with Crippen molar-refractivity contribution in [3.63, 3.8) is 0 Å². The molecule has 0 heterocycles. The molecule has 2 N–H and O–H groups in total. The van der Waals surface area contributed by atoms with Gasteiger partial charge >= 0.3 is 12.4 Å². The van der Waals surface area contributed by atoms with Gasteiger partial charge in [-0.1, -0.05) is 20.8 Å². The highest BCUT2D eigenvalue weighted by molar-refractivity contribution is 5.04. The van der Waals surface area contributed by atoms with E-state index in [0.717, 1.165) is 0 Å². The molecule has 1 aliphatic carbocycles. The van der Waals surface area contributed by atoms with E-state index in [2.05, 4.69) is 0 Å². The Morgan fingerprint density at radius 3 is 1.25 bits per heavy atom. The third-order valence-corrected chi connectivity index (χ3v) is 5.39.